The van der Waals surface area contributed by atoms with Crippen molar-refractivity contribution in [1.29, 1.82) is 0 Å². The Bertz CT molecular complexity index is 583. The maximum atomic E-state index is 3.22. The van der Waals surface area contributed by atoms with Crippen LogP contribution in [0.25, 0.3) is 0 Å². The molecule has 17 heavy (non-hydrogen) atoms. The fourth-order valence-electron chi connectivity index (χ4n) is 1.50. The van der Waals surface area contributed by atoms with Crippen LogP contribution >= 0.6 is 22.6 Å². The quantitative estimate of drug-likeness (QED) is 0.498. The van der Waals surface area contributed by atoms with Crippen molar-refractivity contribution in [3.8, 4) is 11.8 Å². The number of benzene rings is 2. The summed E-state index contributed by atoms with van der Waals surface area (Å²) in [5.41, 5.74) is 4.69. The van der Waals surface area contributed by atoms with E-state index < -0.39 is 0 Å². The number of halogens is 1. The highest BCUT2D eigenvalue weighted by atomic mass is 127. The Morgan fingerprint density at radius 2 is 1.47 bits per heavy atom. The van der Waals surface area contributed by atoms with Gasteiger partial charge in [-0.25, -0.2) is 0 Å². The highest BCUT2D eigenvalue weighted by Crippen LogP contribution is 2.13. The third kappa shape index (κ3) is 3.34. The highest BCUT2D eigenvalue weighted by molar-refractivity contribution is 14.1. The number of hydrogen-bond acceptors (Lipinski definition) is 0. The van der Waals surface area contributed by atoms with E-state index in [4.69, 9.17) is 0 Å². The summed E-state index contributed by atoms with van der Waals surface area (Å²) in [5, 5.41) is 0. The second-order valence-electron chi connectivity index (χ2n) is 4.10. The first-order valence-corrected chi connectivity index (χ1v) is 6.58. The van der Waals surface area contributed by atoms with E-state index in [-0.39, 0.29) is 0 Å². The van der Waals surface area contributed by atoms with Crippen LogP contribution in [-0.4, -0.2) is 0 Å². The van der Waals surface area contributed by atoms with Crippen molar-refractivity contribution in [2.45, 2.75) is 13.8 Å². The molecule has 0 saturated carbocycles. The van der Waals surface area contributed by atoms with Crippen LogP contribution in [0.1, 0.15) is 22.3 Å². The zero-order valence-electron chi connectivity index (χ0n) is 9.92. The maximum Gasteiger partial charge on any atom is 0.0382 e. The molecule has 0 spiro atoms. The standard InChI is InChI=1S/C16H13I/c1-12-3-6-14(7-4-12)8-10-15-9-5-13(2)11-16(15)17/h3-7,9,11H,1-2H3. The molecule has 0 aliphatic carbocycles. The molecule has 84 valence electrons. The first-order chi connectivity index (χ1) is 8.15. The normalized spacial score (nSPS) is 9.59. The van der Waals surface area contributed by atoms with Crippen molar-refractivity contribution in [1.82, 2.24) is 0 Å². The minimum atomic E-state index is 1.06. The van der Waals surface area contributed by atoms with E-state index in [2.05, 4.69) is 90.7 Å². The Hall–Kier alpha value is -1.27. The van der Waals surface area contributed by atoms with Crippen molar-refractivity contribution in [3.05, 3.63) is 68.3 Å². The van der Waals surface area contributed by atoms with Crippen LogP contribution in [0.5, 0.6) is 0 Å². The monoisotopic (exact) mass is 332 g/mol. The van der Waals surface area contributed by atoms with E-state index in [1.807, 2.05) is 0 Å². The summed E-state index contributed by atoms with van der Waals surface area (Å²) in [5.74, 6) is 6.41. The smallest absolute Gasteiger partial charge is 0.0382 e. The lowest BCUT2D eigenvalue weighted by molar-refractivity contribution is 1.43. The molecular formula is C16H13I. The average molecular weight is 332 g/mol. The zero-order chi connectivity index (χ0) is 12.3. The molecule has 0 unspecified atom stereocenters. The Kier molecular flexibility index (Phi) is 3.86. The van der Waals surface area contributed by atoms with Gasteiger partial charge in [0.05, 0.1) is 0 Å². The predicted octanol–water partition coefficient (Wildman–Crippen LogP) is 4.31. The molecule has 0 amide bonds. The van der Waals surface area contributed by atoms with Crippen LogP contribution in [0, 0.1) is 29.3 Å². The van der Waals surface area contributed by atoms with E-state index in [1.54, 1.807) is 0 Å². The molecule has 0 aliphatic heterocycles. The Labute approximate surface area is 116 Å². The van der Waals surface area contributed by atoms with Crippen LogP contribution in [0.4, 0.5) is 0 Å². The van der Waals surface area contributed by atoms with Crippen LogP contribution in [0.2, 0.25) is 0 Å². The van der Waals surface area contributed by atoms with Crippen molar-refractivity contribution in [2.75, 3.05) is 0 Å². The maximum absolute atomic E-state index is 3.22. The molecule has 0 atom stereocenters. The lowest BCUT2D eigenvalue weighted by Gasteiger charge is -1.97. The zero-order valence-corrected chi connectivity index (χ0v) is 12.1. The van der Waals surface area contributed by atoms with E-state index in [9.17, 15) is 0 Å². The third-order valence-corrected chi connectivity index (χ3v) is 3.41. The second-order valence-corrected chi connectivity index (χ2v) is 5.26. The fraction of sp³-hybridized carbons (Fsp3) is 0.125. The minimum absolute atomic E-state index is 1.06. The van der Waals surface area contributed by atoms with Gasteiger partial charge >= 0.3 is 0 Å². The summed E-state index contributed by atoms with van der Waals surface area (Å²) in [6.07, 6.45) is 0. The molecule has 0 nitrogen and oxygen atoms in total. The number of rotatable bonds is 0. The van der Waals surface area contributed by atoms with E-state index in [0.29, 0.717) is 0 Å². The van der Waals surface area contributed by atoms with Crippen molar-refractivity contribution < 1.29 is 0 Å². The molecular weight excluding hydrogens is 319 g/mol. The summed E-state index contributed by atoms with van der Waals surface area (Å²) < 4.78 is 1.21. The topological polar surface area (TPSA) is 0 Å². The second kappa shape index (κ2) is 5.37. The van der Waals surface area contributed by atoms with E-state index >= 15 is 0 Å². The molecule has 0 aromatic heterocycles. The first-order valence-electron chi connectivity index (χ1n) is 5.50. The van der Waals surface area contributed by atoms with Gasteiger partial charge < -0.3 is 0 Å². The van der Waals surface area contributed by atoms with E-state index in [1.165, 1.54) is 14.7 Å². The lowest BCUT2D eigenvalue weighted by Crippen LogP contribution is -1.83. The molecule has 0 fully saturated rings. The summed E-state index contributed by atoms with van der Waals surface area (Å²) in [6.45, 7) is 4.18. The predicted molar refractivity (Wildman–Crippen MR) is 81.1 cm³/mol. The van der Waals surface area contributed by atoms with Gasteiger partial charge in [0.15, 0.2) is 0 Å². The van der Waals surface area contributed by atoms with Gasteiger partial charge in [0.2, 0.25) is 0 Å². The molecule has 2 rings (SSSR count). The first kappa shape index (κ1) is 12.2. The highest BCUT2D eigenvalue weighted by Gasteiger charge is 1.95. The Balaban J connectivity index is 2.29. The van der Waals surface area contributed by atoms with Crippen LogP contribution in [0.3, 0.4) is 0 Å². The minimum Gasteiger partial charge on any atom is -0.0616 e. The number of aryl methyl sites for hydroxylation is 2. The summed E-state index contributed by atoms with van der Waals surface area (Å²) in [7, 11) is 0. The van der Waals surface area contributed by atoms with E-state index in [0.717, 1.165) is 11.1 Å². The van der Waals surface area contributed by atoms with Gasteiger partial charge in [-0.3, -0.25) is 0 Å². The summed E-state index contributed by atoms with van der Waals surface area (Å²) in [6, 6.07) is 14.6. The molecule has 1 heteroatoms. The molecule has 2 aromatic carbocycles. The van der Waals surface area contributed by atoms with Crippen LogP contribution < -0.4 is 0 Å². The van der Waals surface area contributed by atoms with Gasteiger partial charge in [-0.05, 0) is 66.3 Å². The van der Waals surface area contributed by atoms with Crippen molar-refractivity contribution in [2.24, 2.45) is 0 Å². The molecule has 0 saturated heterocycles. The summed E-state index contributed by atoms with van der Waals surface area (Å²) in [4.78, 5) is 0. The van der Waals surface area contributed by atoms with Gasteiger partial charge in [-0.15, -0.1) is 0 Å². The van der Waals surface area contributed by atoms with Crippen LogP contribution in [-0.2, 0) is 0 Å². The molecule has 0 N–H and O–H groups in total. The van der Waals surface area contributed by atoms with Gasteiger partial charge in [-0.1, -0.05) is 35.6 Å². The van der Waals surface area contributed by atoms with Crippen LogP contribution in [0.15, 0.2) is 42.5 Å². The Morgan fingerprint density at radius 3 is 2.12 bits per heavy atom. The SMILES string of the molecule is Cc1ccc(C#Cc2ccc(C)cc2I)cc1. The van der Waals surface area contributed by atoms with Gasteiger partial charge in [0.25, 0.3) is 0 Å². The van der Waals surface area contributed by atoms with Crippen molar-refractivity contribution >= 4 is 22.6 Å². The summed E-state index contributed by atoms with van der Waals surface area (Å²) >= 11 is 2.33. The molecule has 2 aromatic rings. The average Bonchev–Trinajstić information content (AvgIpc) is 2.30. The van der Waals surface area contributed by atoms with Gasteiger partial charge in [0, 0.05) is 14.7 Å². The number of hydrogen-bond donors (Lipinski definition) is 0. The molecule has 0 heterocycles. The fourth-order valence-corrected chi connectivity index (χ4v) is 2.30. The van der Waals surface area contributed by atoms with Gasteiger partial charge in [0.1, 0.15) is 0 Å². The molecule has 0 bridgehead atoms. The largest absolute Gasteiger partial charge is 0.0616 e. The Morgan fingerprint density at radius 1 is 0.824 bits per heavy atom. The molecule has 0 aliphatic rings. The van der Waals surface area contributed by atoms with Crippen molar-refractivity contribution in [3.63, 3.8) is 0 Å². The van der Waals surface area contributed by atoms with Gasteiger partial charge in [-0.2, -0.15) is 0 Å². The molecule has 0 radical (unpaired) electrons. The lowest BCUT2D eigenvalue weighted by atomic mass is 10.1. The third-order valence-electron chi connectivity index (χ3n) is 2.52.